The van der Waals surface area contributed by atoms with Crippen LogP contribution in [-0.2, 0) is 25.5 Å². The quantitative estimate of drug-likeness (QED) is 0.694. The average molecular weight is 399 g/mol. The summed E-state index contributed by atoms with van der Waals surface area (Å²) in [5.41, 5.74) is 0.891. The third-order valence-electron chi connectivity index (χ3n) is 4.68. The van der Waals surface area contributed by atoms with Gasteiger partial charge in [0.25, 0.3) is 5.91 Å². The van der Waals surface area contributed by atoms with Gasteiger partial charge >= 0.3 is 5.97 Å². The zero-order chi connectivity index (χ0) is 21.6. The molecule has 6 heteroatoms. The van der Waals surface area contributed by atoms with E-state index in [1.807, 2.05) is 70.2 Å². The lowest BCUT2D eigenvalue weighted by atomic mass is 10.0. The molecular formula is C23H30N2O4. The smallest absolute Gasteiger partial charge is 0.326 e. The summed E-state index contributed by atoms with van der Waals surface area (Å²) in [6, 6.07) is 13.6. The van der Waals surface area contributed by atoms with Crippen LogP contribution >= 0.6 is 0 Å². The highest BCUT2D eigenvalue weighted by atomic mass is 16.5. The van der Waals surface area contributed by atoms with E-state index in [-0.39, 0.29) is 36.9 Å². The second kappa shape index (κ2) is 10.0. The lowest BCUT2D eigenvalue weighted by Gasteiger charge is -2.32. The molecule has 0 bridgehead atoms. The van der Waals surface area contributed by atoms with Crippen LogP contribution < -0.4 is 5.32 Å². The summed E-state index contributed by atoms with van der Waals surface area (Å²) in [7, 11) is 0. The molecule has 29 heavy (non-hydrogen) atoms. The molecule has 0 saturated heterocycles. The van der Waals surface area contributed by atoms with E-state index in [1.165, 1.54) is 0 Å². The van der Waals surface area contributed by atoms with Crippen molar-refractivity contribution in [3.05, 3.63) is 48.0 Å². The molecule has 0 spiro atoms. The number of ether oxygens (including phenoxy) is 1. The van der Waals surface area contributed by atoms with Crippen LogP contribution in [0.4, 0.5) is 0 Å². The molecular weight excluding hydrogens is 368 g/mol. The molecule has 0 heterocycles. The van der Waals surface area contributed by atoms with E-state index in [9.17, 15) is 14.4 Å². The van der Waals surface area contributed by atoms with Gasteiger partial charge in [0.1, 0.15) is 6.54 Å². The Kier molecular flexibility index (Phi) is 7.76. The Morgan fingerprint density at radius 1 is 0.931 bits per heavy atom. The minimum absolute atomic E-state index is 0.00375. The summed E-state index contributed by atoms with van der Waals surface area (Å²) in [6.45, 7) is 8.94. The summed E-state index contributed by atoms with van der Waals surface area (Å²) in [6.07, 6.45) is -0.736. The number of hydrogen-bond donors (Lipinski definition) is 1. The second-order valence-corrected chi connectivity index (χ2v) is 7.66. The lowest BCUT2D eigenvalue weighted by Crippen LogP contribution is -2.48. The van der Waals surface area contributed by atoms with Crippen molar-refractivity contribution in [3.8, 4) is 0 Å². The second-order valence-electron chi connectivity index (χ2n) is 7.66. The number of nitrogens with zero attached hydrogens (tertiary/aromatic N) is 1. The van der Waals surface area contributed by atoms with Crippen LogP contribution in [0.15, 0.2) is 42.5 Å². The van der Waals surface area contributed by atoms with Crippen molar-refractivity contribution in [2.75, 3.05) is 6.54 Å². The Bertz CT molecular complexity index is 863. The number of carbonyl (C=O) groups is 3. The molecule has 1 N–H and O–H groups in total. The third kappa shape index (κ3) is 6.04. The molecule has 1 atom stereocenters. The lowest BCUT2D eigenvalue weighted by molar-refractivity contribution is -0.160. The van der Waals surface area contributed by atoms with Gasteiger partial charge in [-0.1, -0.05) is 42.5 Å². The largest absolute Gasteiger partial charge is 0.451 e. The predicted octanol–water partition coefficient (Wildman–Crippen LogP) is 3.08. The molecule has 0 aliphatic carbocycles. The SMILES string of the molecule is CC(C)N(C(=O)[C@@H](C)OC(=O)CNC(=O)Cc1cccc2ccccc12)C(C)C. The number of benzene rings is 2. The van der Waals surface area contributed by atoms with E-state index in [0.717, 1.165) is 16.3 Å². The number of fused-ring (bicyclic) bond motifs is 1. The van der Waals surface area contributed by atoms with Gasteiger partial charge in [0.2, 0.25) is 5.91 Å². The summed E-state index contributed by atoms with van der Waals surface area (Å²) < 4.78 is 5.22. The summed E-state index contributed by atoms with van der Waals surface area (Å²) in [5, 5.41) is 4.64. The summed E-state index contributed by atoms with van der Waals surface area (Å²) >= 11 is 0. The van der Waals surface area contributed by atoms with Crippen molar-refractivity contribution in [1.29, 1.82) is 0 Å². The van der Waals surface area contributed by atoms with E-state index < -0.39 is 12.1 Å². The topological polar surface area (TPSA) is 75.7 Å². The van der Waals surface area contributed by atoms with Gasteiger partial charge in [0.15, 0.2) is 6.10 Å². The normalized spacial score (nSPS) is 12.1. The molecule has 2 aromatic carbocycles. The maximum Gasteiger partial charge on any atom is 0.326 e. The number of carbonyl (C=O) groups excluding carboxylic acids is 3. The fraction of sp³-hybridized carbons (Fsp3) is 0.435. The van der Waals surface area contributed by atoms with Gasteiger partial charge in [-0.25, -0.2) is 0 Å². The first-order valence-electron chi connectivity index (χ1n) is 9.95. The summed E-state index contributed by atoms with van der Waals surface area (Å²) in [5.74, 6) is -1.15. The molecule has 0 radical (unpaired) electrons. The van der Waals surface area contributed by atoms with Gasteiger partial charge in [-0.05, 0) is 51.0 Å². The third-order valence-corrected chi connectivity index (χ3v) is 4.68. The van der Waals surface area contributed by atoms with E-state index in [4.69, 9.17) is 4.74 Å². The van der Waals surface area contributed by atoms with E-state index in [1.54, 1.807) is 11.8 Å². The minimum Gasteiger partial charge on any atom is -0.451 e. The highest BCUT2D eigenvalue weighted by Crippen LogP contribution is 2.18. The van der Waals surface area contributed by atoms with Crippen molar-refractivity contribution in [2.45, 2.75) is 59.2 Å². The monoisotopic (exact) mass is 398 g/mol. The molecule has 0 saturated carbocycles. The first kappa shape index (κ1) is 22.4. The van der Waals surface area contributed by atoms with E-state index >= 15 is 0 Å². The summed E-state index contributed by atoms with van der Waals surface area (Å²) in [4.78, 5) is 38.6. The molecule has 0 aliphatic heterocycles. The zero-order valence-electron chi connectivity index (χ0n) is 17.8. The molecule has 6 nitrogen and oxygen atoms in total. The van der Waals surface area contributed by atoms with Gasteiger partial charge in [-0.3, -0.25) is 14.4 Å². The Morgan fingerprint density at radius 2 is 1.55 bits per heavy atom. The standard InChI is InChI=1S/C23H30N2O4/c1-15(2)25(16(3)4)23(28)17(5)29-22(27)14-24-21(26)13-19-11-8-10-18-9-6-7-12-20(18)19/h6-12,15-17H,13-14H2,1-5H3,(H,24,26)/t17-/m1/s1. The first-order chi connectivity index (χ1) is 13.7. The molecule has 0 unspecified atom stereocenters. The van der Waals surface area contributed by atoms with Gasteiger partial charge < -0.3 is 15.0 Å². The van der Waals surface area contributed by atoms with Crippen LogP contribution in [0.5, 0.6) is 0 Å². The number of rotatable bonds is 8. The maximum absolute atomic E-state index is 12.5. The number of esters is 1. The van der Waals surface area contributed by atoms with E-state index in [0.29, 0.717) is 0 Å². The number of nitrogens with one attached hydrogen (secondary N) is 1. The van der Waals surface area contributed by atoms with Gasteiger partial charge in [0, 0.05) is 12.1 Å². The van der Waals surface area contributed by atoms with Crippen LogP contribution in [0.1, 0.15) is 40.2 Å². The average Bonchev–Trinajstić information content (AvgIpc) is 2.66. The van der Waals surface area contributed by atoms with Gasteiger partial charge in [-0.2, -0.15) is 0 Å². The van der Waals surface area contributed by atoms with Crippen molar-refractivity contribution >= 4 is 28.6 Å². The Labute approximate surface area is 172 Å². The fourth-order valence-electron chi connectivity index (χ4n) is 3.46. The molecule has 0 aromatic heterocycles. The zero-order valence-corrected chi connectivity index (χ0v) is 17.8. The minimum atomic E-state index is -0.901. The van der Waals surface area contributed by atoms with Crippen LogP contribution in [0.3, 0.4) is 0 Å². The highest BCUT2D eigenvalue weighted by molar-refractivity contribution is 5.91. The molecule has 2 rings (SSSR count). The number of amides is 2. The molecule has 2 amide bonds. The predicted molar refractivity (Wildman–Crippen MR) is 113 cm³/mol. The molecule has 156 valence electrons. The molecule has 0 fully saturated rings. The first-order valence-corrected chi connectivity index (χ1v) is 9.95. The van der Waals surface area contributed by atoms with E-state index in [2.05, 4.69) is 5.32 Å². The molecule has 0 aliphatic rings. The highest BCUT2D eigenvalue weighted by Gasteiger charge is 2.27. The van der Waals surface area contributed by atoms with Crippen molar-refractivity contribution < 1.29 is 19.1 Å². The molecule has 2 aromatic rings. The van der Waals surface area contributed by atoms with Crippen molar-refractivity contribution in [2.24, 2.45) is 0 Å². The van der Waals surface area contributed by atoms with Crippen LogP contribution in [0, 0.1) is 0 Å². The Balaban J connectivity index is 1.88. The Morgan fingerprint density at radius 3 is 2.21 bits per heavy atom. The maximum atomic E-state index is 12.5. The van der Waals surface area contributed by atoms with Crippen molar-refractivity contribution in [1.82, 2.24) is 10.2 Å². The Hall–Kier alpha value is -2.89. The fourth-order valence-corrected chi connectivity index (χ4v) is 3.46. The van der Waals surface area contributed by atoms with Crippen LogP contribution in [0.25, 0.3) is 10.8 Å². The van der Waals surface area contributed by atoms with Gasteiger partial charge in [0.05, 0.1) is 6.42 Å². The van der Waals surface area contributed by atoms with Crippen LogP contribution in [0.2, 0.25) is 0 Å². The van der Waals surface area contributed by atoms with Crippen molar-refractivity contribution in [3.63, 3.8) is 0 Å². The van der Waals surface area contributed by atoms with Gasteiger partial charge in [-0.15, -0.1) is 0 Å². The van der Waals surface area contributed by atoms with Crippen LogP contribution in [-0.4, -0.2) is 47.4 Å². The number of hydrogen-bond acceptors (Lipinski definition) is 4.